The van der Waals surface area contributed by atoms with Gasteiger partial charge in [0.25, 0.3) is 5.56 Å². The molecule has 0 unspecified atom stereocenters. The van der Waals surface area contributed by atoms with Crippen LogP contribution >= 0.6 is 11.8 Å². The van der Waals surface area contributed by atoms with E-state index >= 15 is 0 Å². The lowest BCUT2D eigenvalue weighted by Gasteiger charge is -2.14. The largest absolute Gasteiger partial charge is 0.497 e. The zero-order chi connectivity index (χ0) is 27.9. The van der Waals surface area contributed by atoms with Crippen molar-refractivity contribution in [2.24, 2.45) is 0 Å². The van der Waals surface area contributed by atoms with E-state index in [9.17, 15) is 14.0 Å². The number of hydrogen-bond donors (Lipinski definition) is 1. The summed E-state index contributed by atoms with van der Waals surface area (Å²) in [6.45, 7) is 1.02. The smallest absolute Gasteiger partial charge is 0.262 e. The number of rotatable bonds is 12. The fraction of sp³-hybridized carbons (Fsp3) is 0.300. The molecular weight excluding hydrogens is 533 g/mol. The number of ether oxygens (including phenoxy) is 3. The minimum absolute atomic E-state index is 0.0113. The third-order valence-corrected chi connectivity index (χ3v) is 7.65. The molecule has 0 saturated carbocycles. The summed E-state index contributed by atoms with van der Waals surface area (Å²) >= 11 is 1.39. The molecule has 0 aliphatic carbocycles. The molecule has 0 radical (unpaired) electrons. The summed E-state index contributed by atoms with van der Waals surface area (Å²) in [7, 11) is 1.62. The molecule has 2 heterocycles. The number of fused-ring (bicyclic) bond motifs is 2. The van der Waals surface area contributed by atoms with Gasteiger partial charge in [0, 0.05) is 31.3 Å². The first-order valence-electron chi connectivity index (χ1n) is 13.1. The Kier molecular flexibility index (Phi) is 8.85. The van der Waals surface area contributed by atoms with Gasteiger partial charge in [0.2, 0.25) is 12.7 Å². The van der Waals surface area contributed by atoms with Gasteiger partial charge in [0.1, 0.15) is 11.6 Å². The van der Waals surface area contributed by atoms with Crippen molar-refractivity contribution in [3.63, 3.8) is 0 Å². The average molecular weight is 564 g/mol. The molecule has 0 fully saturated rings. The molecule has 10 heteroatoms. The number of hydrogen-bond acceptors (Lipinski definition) is 7. The van der Waals surface area contributed by atoms with E-state index in [2.05, 4.69) is 5.32 Å². The maximum absolute atomic E-state index is 13.7. The van der Waals surface area contributed by atoms with Crippen LogP contribution in [0.2, 0.25) is 0 Å². The van der Waals surface area contributed by atoms with Gasteiger partial charge < -0.3 is 19.5 Å². The molecule has 0 bridgehead atoms. The lowest BCUT2D eigenvalue weighted by atomic mass is 10.1. The van der Waals surface area contributed by atoms with E-state index in [4.69, 9.17) is 19.2 Å². The van der Waals surface area contributed by atoms with Crippen molar-refractivity contribution in [1.29, 1.82) is 0 Å². The van der Waals surface area contributed by atoms with Crippen molar-refractivity contribution >= 4 is 28.6 Å². The van der Waals surface area contributed by atoms with Crippen molar-refractivity contribution < 1.29 is 23.4 Å². The maximum Gasteiger partial charge on any atom is 0.262 e. The van der Waals surface area contributed by atoms with Crippen molar-refractivity contribution in [3.05, 3.63) is 88.0 Å². The summed E-state index contributed by atoms with van der Waals surface area (Å²) in [5, 5.41) is 3.95. The van der Waals surface area contributed by atoms with Gasteiger partial charge in [-0.05, 0) is 54.3 Å². The maximum atomic E-state index is 13.7. The van der Waals surface area contributed by atoms with E-state index < -0.39 is 0 Å². The molecule has 0 saturated heterocycles. The van der Waals surface area contributed by atoms with Crippen molar-refractivity contribution in [2.75, 3.05) is 13.9 Å². The lowest BCUT2D eigenvalue weighted by Crippen LogP contribution is -2.24. The highest BCUT2D eigenvalue weighted by atomic mass is 32.2. The molecule has 0 atom stereocenters. The highest BCUT2D eigenvalue weighted by molar-refractivity contribution is 7.98. The predicted octanol–water partition coefficient (Wildman–Crippen LogP) is 5.44. The van der Waals surface area contributed by atoms with Gasteiger partial charge in [-0.2, -0.15) is 0 Å². The second-order valence-electron chi connectivity index (χ2n) is 9.43. The van der Waals surface area contributed by atoms with E-state index in [1.807, 2.05) is 30.3 Å². The van der Waals surface area contributed by atoms with Crippen LogP contribution in [0.1, 0.15) is 36.8 Å². The van der Waals surface area contributed by atoms with Crippen LogP contribution < -0.4 is 25.1 Å². The van der Waals surface area contributed by atoms with E-state index in [0.717, 1.165) is 23.3 Å². The number of aromatic nitrogens is 2. The quantitative estimate of drug-likeness (QED) is 0.139. The number of carbonyl (C=O) groups is 1. The summed E-state index contributed by atoms with van der Waals surface area (Å²) in [4.78, 5) is 30.6. The van der Waals surface area contributed by atoms with Gasteiger partial charge in [-0.3, -0.25) is 14.2 Å². The van der Waals surface area contributed by atoms with Gasteiger partial charge in [0.05, 0.1) is 18.0 Å². The molecule has 4 aromatic rings. The number of nitrogens with one attached hydrogen (secondary N) is 1. The minimum atomic E-state index is -0.303. The van der Waals surface area contributed by atoms with Crippen LogP contribution in [0.4, 0.5) is 4.39 Å². The highest BCUT2D eigenvalue weighted by Crippen LogP contribution is 2.35. The molecule has 1 aromatic heterocycles. The van der Waals surface area contributed by atoms with Gasteiger partial charge in [-0.15, -0.1) is 0 Å². The van der Waals surface area contributed by atoms with Gasteiger partial charge in [-0.1, -0.05) is 42.4 Å². The molecule has 40 heavy (non-hydrogen) atoms. The van der Waals surface area contributed by atoms with Gasteiger partial charge >= 0.3 is 0 Å². The van der Waals surface area contributed by atoms with Gasteiger partial charge in [0.15, 0.2) is 16.7 Å². The molecule has 0 spiro atoms. The number of amides is 1. The summed E-state index contributed by atoms with van der Waals surface area (Å²) < 4.78 is 31.4. The standard InChI is InChI=1S/C30H30FN3O5S/c1-37-23-11-9-20(10-12-23)17-32-28(35)8-3-2-4-13-34-29(36)24-15-26-27(39-19-38-26)16-25(24)33-30(34)40-18-21-6-5-7-22(31)14-21/h5-7,9-12,14-16H,2-4,8,13,17-19H2,1H3,(H,32,35). The molecular formula is C30H30FN3O5S. The normalized spacial score (nSPS) is 12.1. The molecule has 1 aliphatic heterocycles. The Balaban J connectivity index is 1.21. The molecule has 208 valence electrons. The minimum Gasteiger partial charge on any atom is -0.497 e. The van der Waals surface area contributed by atoms with E-state index in [0.29, 0.717) is 65.7 Å². The van der Waals surface area contributed by atoms with Crippen molar-refractivity contribution in [1.82, 2.24) is 14.9 Å². The predicted molar refractivity (Wildman–Crippen MR) is 151 cm³/mol. The molecule has 1 amide bonds. The van der Waals surface area contributed by atoms with E-state index in [-0.39, 0.29) is 24.1 Å². The van der Waals surface area contributed by atoms with Crippen molar-refractivity contribution in [2.45, 2.75) is 49.7 Å². The summed E-state index contributed by atoms with van der Waals surface area (Å²) in [6.07, 6.45) is 2.59. The Hall–Kier alpha value is -4.05. The van der Waals surface area contributed by atoms with Crippen molar-refractivity contribution in [3.8, 4) is 17.2 Å². The van der Waals surface area contributed by atoms with Crippen LogP contribution in [-0.2, 0) is 23.6 Å². The second kappa shape index (κ2) is 12.9. The van der Waals surface area contributed by atoms with Crippen LogP contribution in [0, 0.1) is 5.82 Å². The Bertz CT molecular complexity index is 1560. The number of thioether (sulfide) groups is 1. The Labute approximate surface area is 235 Å². The van der Waals surface area contributed by atoms with Crippen LogP contribution in [0.3, 0.4) is 0 Å². The summed E-state index contributed by atoms with van der Waals surface area (Å²) in [5.41, 5.74) is 2.17. The fourth-order valence-corrected chi connectivity index (χ4v) is 5.41. The molecule has 1 N–H and O–H groups in total. The first-order valence-corrected chi connectivity index (χ1v) is 14.1. The third-order valence-electron chi connectivity index (χ3n) is 6.60. The summed E-state index contributed by atoms with van der Waals surface area (Å²) in [6, 6.07) is 17.4. The zero-order valence-electron chi connectivity index (χ0n) is 22.2. The monoisotopic (exact) mass is 563 g/mol. The third kappa shape index (κ3) is 6.74. The first kappa shape index (κ1) is 27.5. The second-order valence-corrected chi connectivity index (χ2v) is 10.4. The first-order chi connectivity index (χ1) is 19.5. The molecule has 3 aromatic carbocycles. The van der Waals surface area contributed by atoms with Crippen LogP contribution in [0.15, 0.2) is 70.6 Å². The van der Waals surface area contributed by atoms with Crippen LogP contribution in [0.5, 0.6) is 17.2 Å². The highest BCUT2D eigenvalue weighted by Gasteiger charge is 2.19. The Morgan fingerprint density at radius 1 is 1.05 bits per heavy atom. The number of carbonyl (C=O) groups excluding carboxylic acids is 1. The lowest BCUT2D eigenvalue weighted by molar-refractivity contribution is -0.121. The Morgan fingerprint density at radius 3 is 2.62 bits per heavy atom. The van der Waals surface area contributed by atoms with E-state index in [1.165, 1.54) is 23.9 Å². The number of halogens is 1. The van der Waals surface area contributed by atoms with Gasteiger partial charge in [-0.25, -0.2) is 9.37 Å². The number of nitrogens with zero attached hydrogens (tertiary/aromatic N) is 2. The zero-order valence-corrected chi connectivity index (χ0v) is 23.0. The number of methoxy groups -OCH3 is 1. The molecule has 8 nitrogen and oxygen atoms in total. The Morgan fingerprint density at radius 2 is 1.85 bits per heavy atom. The average Bonchev–Trinajstić information content (AvgIpc) is 3.43. The number of unbranched alkanes of at least 4 members (excludes halogenated alkanes) is 2. The van der Waals surface area contributed by atoms with Crippen LogP contribution in [-0.4, -0.2) is 29.4 Å². The number of benzene rings is 3. The van der Waals surface area contributed by atoms with Crippen LogP contribution in [0.25, 0.3) is 10.9 Å². The SMILES string of the molecule is COc1ccc(CNC(=O)CCCCCn2c(SCc3cccc(F)c3)nc3cc4c(cc3c2=O)OCO4)cc1. The molecule has 5 rings (SSSR count). The summed E-state index contributed by atoms with van der Waals surface area (Å²) in [5.74, 6) is 2.01. The fourth-order valence-electron chi connectivity index (χ4n) is 4.44. The topological polar surface area (TPSA) is 91.7 Å². The van der Waals surface area contributed by atoms with E-state index in [1.54, 1.807) is 29.9 Å². The molecule has 1 aliphatic rings.